The smallest absolute Gasteiger partial charge is 0.262 e. The lowest BCUT2D eigenvalue weighted by Gasteiger charge is -2.13. The zero-order valence-corrected chi connectivity index (χ0v) is 15.6. The molecule has 0 radical (unpaired) electrons. The average molecular weight is 397 g/mol. The van der Waals surface area contributed by atoms with E-state index in [2.05, 4.69) is 15.4 Å². The van der Waals surface area contributed by atoms with Gasteiger partial charge in [-0.1, -0.05) is 19.1 Å². The van der Waals surface area contributed by atoms with E-state index in [9.17, 15) is 22.0 Å². The first-order valence-corrected chi connectivity index (χ1v) is 9.89. The molecule has 2 aromatic rings. The maximum absolute atomic E-state index is 13.3. The van der Waals surface area contributed by atoms with Gasteiger partial charge in [0.15, 0.2) is 11.6 Å². The van der Waals surface area contributed by atoms with Crippen LogP contribution in [0.1, 0.15) is 23.7 Å². The molecule has 0 spiro atoms. The highest BCUT2D eigenvalue weighted by molar-refractivity contribution is 7.92. The van der Waals surface area contributed by atoms with Gasteiger partial charge in [-0.05, 0) is 43.3 Å². The molecule has 0 aromatic heterocycles. The number of nitrogens with one attached hydrogen (secondary N) is 3. The minimum absolute atomic E-state index is 0.0428. The van der Waals surface area contributed by atoms with Crippen molar-refractivity contribution < 1.29 is 22.0 Å². The fraction of sp³-hybridized carbons (Fsp3) is 0.278. The number of sulfonamides is 1. The Morgan fingerprint density at radius 1 is 1.00 bits per heavy atom. The van der Waals surface area contributed by atoms with Crippen LogP contribution >= 0.6 is 0 Å². The number of hydrogen-bond donors (Lipinski definition) is 3. The van der Waals surface area contributed by atoms with Gasteiger partial charge in [0.1, 0.15) is 0 Å². The molecule has 9 heteroatoms. The van der Waals surface area contributed by atoms with Gasteiger partial charge in [-0.2, -0.15) is 0 Å². The Kier molecular flexibility index (Phi) is 7.26. The van der Waals surface area contributed by atoms with E-state index in [4.69, 9.17) is 0 Å². The van der Waals surface area contributed by atoms with Crippen molar-refractivity contribution in [1.82, 2.24) is 10.6 Å². The predicted octanol–water partition coefficient (Wildman–Crippen LogP) is 2.50. The molecule has 146 valence electrons. The third kappa shape index (κ3) is 5.73. The highest BCUT2D eigenvalue weighted by atomic mass is 32.2. The lowest BCUT2D eigenvalue weighted by molar-refractivity contribution is 0.0955. The van der Waals surface area contributed by atoms with Crippen LogP contribution in [0.4, 0.5) is 14.5 Å². The predicted molar refractivity (Wildman–Crippen MR) is 99.1 cm³/mol. The summed E-state index contributed by atoms with van der Waals surface area (Å²) in [7, 11) is -4.19. The van der Waals surface area contributed by atoms with Crippen molar-refractivity contribution >= 4 is 21.6 Å². The van der Waals surface area contributed by atoms with Crippen LogP contribution in [0.25, 0.3) is 0 Å². The van der Waals surface area contributed by atoms with E-state index in [0.29, 0.717) is 19.2 Å². The average Bonchev–Trinajstić information content (AvgIpc) is 2.63. The summed E-state index contributed by atoms with van der Waals surface area (Å²) < 4.78 is 53.5. The molecule has 0 atom stereocenters. The van der Waals surface area contributed by atoms with Crippen LogP contribution in [0, 0.1) is 11.6 Å². The molecule has 0 aliphatic carbocycles. The van der Waals surface area contributed by atoms with Crippen LogP contribution in [0.5, 0.6) is 0 Å². The minimum Gasteiger partial charge on any atom is -0.351 e. The summed E-state index contributed by atoms with van der Waals surface area (Å²) in [6.45, 7) is 3.83. The first-order chi connectivity index (χ1) is 12.8. The van der Waals surface area contributed by atoms with Crippen molar-refractivity contribution in [1.29, 1.82) is 0 Å². The highest BCUT2D eigenvalue weighted by Crippen LogP contribution is 2.21. The largest absolute Gasteiger partial charge is 0.351 e. The van der Waals surface area contributed by atoms with E-state index in [1.165, 1.54) is 12.1 Å². The summed E-state index contributed by atoms with van der Waals surface area (Å²) in [6.07, 6.45) is 0.975. The zero-order chi connectivity index (χ0) is 19.9. The summed E-state index contributed by atoms with van der Waals surface area (Å²) in [4.78, 5) is 11.9. The Bertz CT molecular complexity index is 904. The SMILES string of the molecule is CCCNCCNC(=O)c1ccccc1NS(=O)(=O)c1ccc(F)c(F)c1. The Morgan fingerprint density at radius 3 is 2.44 bits per heavy atom. The molecular formula is C18H21F2N3O3S. The molecule has 0 saturated carbocycles. The maximum Gasteiger partial charge on any atom is 0.262 e. The van der Waals surface area contributed by atoms with Crippen LogP contribution in [-0.2, 0) is 10.0 Å². The van der Waals surface area contributed by atoms with Gasteiger partial charge in [0.05, 0.1) is 16.1 Å². The van der Waals surface area contributed by atoms with E-state index in [-0.39, 0.29) is 11.3 Å². The van der Waals surface area contributed by atoms with Crippen molar-refractivity contribution in [3.8, 4) is 0 Å². The molecule has 0 bridgehead atoms. The molecule has 3 N–H and O–H groups in total. The number of rotatable bonds is 9. The number of carbonyl (C=O) groups excluding carboxylic acids is 1. The van der Waals surface area contributed by atoms with Gasteiger partial charge in [-0.3, -0.25) is 9.52 Å². The number of carbonyl (C=O) groups is 1. The van der Waals surface area contributed by atoms with Gasteiger partial charge in [-0.15, -0.1) is 0 Å². The van der Waals surface area contributed by atoms with Gasteiger partial charge in [0, 0.05) is 13.1 Å². The van der Waals surface area contributed by atoms with Gasteiger partial charge in [0.2, 0.25) is 0 Å². The molecule has 2 rings (SSSR count). The quantitative estimate of drug-likeness (QED) is 0.568. The lowest BCUT2D eigenvalue weighted by atomic mass is 10.1. The monoisotopic (exact) mass is 397 g/mol. The second kappa shape index (κ2) is 9.43. The zero-order valence-electron chi connectivity index (χ0n) is 14.8. The summed E-state index contributed by atoms with van der Waals surface area (Å²) in [6, 6.07) is 8.30. The van der Waals surface area contributed by atoms with E-state index < -0.39 is 32.5 Å². The van der Waals surface area contributed by atoms with Gasteiger partial charge in [0.25, 0.3) is 15.9 Å². The fourth-order valence-corrected chi connectivity index (χ4v) is 3.37. The topological polar surface area (TPSA) is 87.3 Å². The third-order valence-electron chi connectivity index (χ3n) is 3.63. The standard InChI is InChI=1S/C18H21F2N3O3S/c1-2-9-21-10-11-22-18(24)14-5-3-4-6-17(14)23-27(25,26)13-7-8-15(19)16(20)12-13/h3-8,12,21,23H,2,9-11H2,1H3,(H,22,24). The van der Waals surface area contributed by atoms with Crippen molar-refractivity contribution in [2.45, 2.75) is 18.2 Å². The van der Waals surface area contributed by atoms with Gasteiger partial charge >= 0.3 is 0 Å². The summed E-state index contributed by atoms with van der Waals surface area (Å²) in [5, 5.41) is 5.83. The van der Waals surface area contributed by atoms with Crippen LogP contribution in [-0.4, -0.2) is 34.0 Å². The fourth-order valence-electron chi connectivity index (χ4n) is 2.28. The Morgan fingerprint density at radius 2 is 1.74 bits per heavy atom. The van der Waals surface area contributed by atoms with Crippen LogP contribution in [0.3, 0.4) is 0 Å². The molecule has 2 aromatic carbocycles. The van der Waals surface area contributed by atoms with E-state index in [1.54, 1.807) is 12.1 Å². The second-order valence-corrected chi connectivity index (χ2v) is 7.42. The van der Waals surface area contributed by atoms with Gasteiger partial charge in [-0.25, -0.2) is 17.2 Å². The van der Waals surface area contributed by atoms with E-state index >= 15 is 0 Å². The first kappa shape index (κ1) is 20.8. The number of halogens is 2. The minimum atomic E-state index is -4.19. The molecule has 6 nitrogen and oxygen atoms in total. The molecule has 0 unspecified atom stereocenters. The molecule has 0 aliphatic heterocycles. The third-order valence-corrected chi connectivity index (χ3v) is 4.99. The molecule has 0 aliphatic rings. The summed E-state index contributed by atoms with van der Waals surface area (Å²) in [5.41, 5.74) is 0.167. The Balaban J connectivity index is 2.14. The summed E-state index contributed by atoms with van der Waals surface area (Å²) >= 11 is 0. The van der Waals surface area contributed by atoms with Crippen molar-refractivity contribution in [3.05, 3.63) is 59.7 Å². The lowest BCUT2D eigenvalue weighted by Crippen LogP contribution is -2.32. The number of benzene rings is 2. The van der Waals surface area contributed by atoms with Crippen molar-refractivity contribution in [2.24, 2.45) is 0 Å². The number of hydrogen-bond acceptors (Lipinski definition) is 4. The Labute approximate surface area is 157 Å². The Hall–Kier alpha value is -2.52. The number of amides is 1. The maximum atomic E-state index is 13.3. The van der Waals surface area contributed by atoms with Gasteiger partial charge < -0.3 is 10.6 Å². The highest BCUT2D eigenvalue weighted by Gasteiger charge is 2.20. The van der Waals surface area contributed by atoms with Crippen molar-refractivity contribution in [3.63, 3.8) is 0 Å². The molecule has 1 amide bonds. The van der Waals surface area contributed by atoms with Crippen LogP contribution in [0.2, 0.25) is 0 Å². The second-order valence-electron chi connectivity index (χ2n) is 5.73. The number of para-hydroxylation sites is 1. The summed E-state index contributed by atoms with van der Waals surface area (Å²) in [5.74, 6) is -2.87. The normalized spacial score (nSPS) is 11.2. The van der Waals surface area contributed by atoms with Crippen LogP contribution in [0.15, 0.2) is 47.4 Å². The van der Waals surface area contributed by atoms with Crippen molar-refractivity contribution in [2.75, 3.05) is 24.4 Å². The molecule has 27 heavy (non-hydrogen) atoms. The van der Waals surface area contributed by atoms with Crippen LogP contribution < -0.4 is 15.4 Å². The molecule has 0 heterocycles. The first-order valence-electron chi connectivity index (χ1n) is 8.41. The van der Waals surface area contributed by atoms with E-state index in [0.717, 1.165) is 25.1 Å². The molecule has 0 fully saturated rings. The van der Waals surface area contributed by atoms with E-state index in [1.807, 2.05) is 6.92 Å². The number of anilines is 1. The molecule has 0 saturated heterocycles. The molecular weight excluding hydrogens is 376 g/mol.